The smallest absolute Gasteiger partial charge is 0.293 e. The maximum Gasteiger partial charge on any atom is 0.293 e. The maximum atomic E-state index is 13.0. The van der Waals surface area contributed by atoms with E-state index in [0.717, 1.165) is 27.7 Å². The first-order valence-corrected chi connectivity index (χ1v) is 12.5. The average molecular weight is 506 g/mol. The van der Waals surface area contributed by atoms with Crippen molar-refractivity contribution >= 4 is 34.0 Å². The molecule has 0 fully saturated rings. The summed E-state index contributed by atoms with van der Waals surface area (Å²) in [6, 6.07) is 21.2. The van der Waals surface area contributed by atoms with Crippen molar-refractivity contribution in [2.75, 3.05) is 10.6 Å². The van der Waals surface area contributed by atoms with E-state index in [1.54, 1.807) is 13.2 Å². The lowest BCUT2D eigenvalue weighted by Crippen LogP contribution is -2.21. The number of nitrogens with zero attached hydrogens (tertiary/aromatic N) is 2. The molecule has 0 saturated heterocycles. The molecule has 5 rings (SSSR count). The van der Waals surface area contributed by atoms with E-state index < -0.39 is 0 Å². The summed E-state index contributed by atoms with van der Waals surface area (Å²) in [6.45, 7) is 8.37. The van der Waals surface area contributed by atoms with E-state index in [2.05, 4.69) is 41.4 Å². The van der Waals surface area contributed by atoms with Crippen molar-refractivity contribution in [3.05, 3.63) is 106 Å². The summed E-state index contributed by atoms with van der Waals surface area (Å²) in [7, 11) is 1.70. The van der Waals surface area contributed by atoms with Crippen molar-refractivity contribution in [2.24, 2.45) is 7.05 Å². The summed E-state index contributed by atoms with van der Waals surface area (Å²) in [5.41, 5.74) is 6.34. The van der Waals surface area contributed by atoms with E-state index in [4.69, 9.17) is 0 Å². The van der Waals surface area contributed by atoms with Crippen LogP contribution in [0, 0.1) is 6.92 Å². The Kier molecular flexibility index (Phi) is 6.36. The van der Waals surface area contributed by atoms with Crippen LogP contribution in [0.4, 0.5) is 17.2 Å². The molecule has 3 N–H and O–H groups in total. The van der Waals surface area contributed by atoms with Gasteiger partial charge in [0.25, 0.3) is 11.5 Å². The Labute approximate surface area is 221 Å². The standard InChI is InChI=1S/C31H31N5O2/c1-19-24(7-6-8-25(19)35-29(37)20-9-11-22(12-10-20)31(2,3)4)27-18-36(5)30(38)28(34-27)33-23-13-14-26-21(17-23)15-16-32-26/h6-18,32H,1-5H3,(H,33,34)(H,35,37). The molecule has 7 heteroatoms. The molecule has 38 heavy (non-hydrogen) atoms. The van der Waals surface area contributed by atoms with Crippen LogP contribution in [0.2, 0.25) is 0 Å². The monoisotopic (exact) mass is 505 g/mol. The highest BCUT2D eigenvalue weighted by atomic mass is 16.1. The van der Waals surface area contributed by atoms with Gasteiger partial charge in [0.05, 0.1) is 5.69 Å². The van der Waals surface area contributed by atoms with Gasteiger partial charge in [0.15, 0.2) is 5.82 Å². The number of anilines is 3. The zero-order valence-electron chi connectivity index (χ0n) is 22.2. The van der Waals surface area contributed by atoms with Gasteiger partial charge in [0, 0.05) is 52.8 Å². The highest BCUT2D eigenvalue weighted by molar-refractivity contribution is 6.05. The van der Waals surface area contributed by atoms with Crippen molar-refractivity contribution in [3.8, 4) is 11.3 Å². The quantitative estimate of drug-likeness (QED) is 0.253. The Morgan fingerprint density at radius 2 is 1.76 bits per heavy atom. The van der Waals surface area contributed by atoms with Crippen LogP contribution >= 0.6 is 0 Å². The van der Waals surface area contributed by atoms with Gasteiger partial charge in [-0.1, -0.05) is 45.0 Å². The lowest BCUT2D eigenvalue weighted by molar-refractivity contribution is 0.102. The van der Waals surface area contributed by atoms with E-state index in [1.165, 1.54) is 10.1 Å². The Balaban J connectivity index is 1.43. The van der Waals surface area contributed by atoms with Gasteiger partial charge in [-0.05, 0) is 65.9 Å². The summed E-state index contributed by atoms with van der Waals surface area (Å²) in [5, 5.41) is 7.25. The molecule has 0 aliphatic rings. The molecule has 0 aliphatic carbocycles. The number of hydrogen-bond donors (Lipinski definition) is 3. The minimum absolute atomic E-state index is 0.0191. The molecule has 0 bridgehead atoms. The first kappa shape index (κ1) is 25.0. The van der Waals surface area contributed by atoms with Crippen LogP contribution in [0.25, 0.3) is 22.2 Å². The number of fused-ring (bicyclic) bond motifs is 1. The highest BCUT2D eigenvalue weighted by Gasteiger charge is 2.16. The Morgan fingerprint density at radius 3 is 2.50 bits per heavy atom. The Morgan fingerprint density at radius 1 is 1.00 bits per heavy atom. The number of carbonyl (C=O) groups excluding carboxylic acids is 1. The zero-order chi connectivity index (χ0) is 27.0. The Hall–Kier alpha value is -4.65. The highest BCUT2D eigenvalue weighted by Crippen LogP contribution is 2.29. The lowest BCUT2D eigenvalue weighted by Gasteiger charge is -2.19. The number of benzene rings is 3. The number of aryl methyl sites for hydroxylation is 1. The average Bonchev–Trinajstić information content (AvgIpc) is 3.35. The molecule has 0 saturated carbocycles. The van der Waals surface area contributed by atoms with Gasteiger partial charge in [-0.2, -0.15) is 0 Å². The number of aromatic amines is 1. The van der Waals surface area contributed by atoms with Crippen LogP contribution < -0.4 is 16.2 Å². The predicted molar refractivity (Wildman–Crippen MR) is 154 cm³/mol. The summed E-state index contributed by atoms with van der Waals surface area (Å²) >= 11 is 0. The molecule has 1 amide bonds. The van der Waals surface area contributed by atoms with Gasteiger partial charge in [0.1, 0.15) is 0 Å². The van der Waals surface area contributed by atoms with Crippen molar-refractivity contribution in [2.45, 2.75) is 33.1 Å². The maximum absolute atomic E-state index is 13.0. The second kappa shape index (κ2) is 9.67. The van der Waals surface area contributed by atoms with E-state index in [1.807, 2.05) is 79.9 Å². The second-order valence-electron chi connectivity index (χ2n) is 10.6. The number of aromatic nitrogens is 3. The number of H-pyrrole nitrogens is 1. The third-order valence-corrected chi connectivity index (χ3v) is 6.76. The van der Waals surface area contributed by atoms with E-state index in [9.17, 15) is 9.59 Å². The van der Waals surface area contributed by atoms with Crippen molar-refractivity contribution in [3.63, 3.8) is 0 Å². The predicted octanol–water partition coefficient (Wildman–Crippen LogP) is 6.53. The van der Waals surface area contributed by atoms with Gasteiger partial charge >= 0.3 is 0 Å². The van der Waals surface area contributed by atoms with Gasteiger partial charge in [0.2, 0.25) is 0 Å². The first-order valence-electron chi connectivity index (χ1n) is 12.5. The molecule has 0 atom stereocenters. The third-order valence-electron chi connectivity index (χ3n) is 6.76. The SMILES string of the molecule is Cc1c(NC(=O)c2ccc(C(C)(C)C)cc2)cccc1-c1cn(C)c(=O)c(Nc2ccc3[nH]ccc3c2)n1. The molecule has 0 aliphatic heterocycles. The lowest BCUT2D eigenvalue weighted by atomic mass is 9.86. The normalized spacial score (nSPS) is 11.5. The first-order chi connectivity index (χ1) is 18.1. The Bertz CT molecular complexity index is 1710. The molecular formula is C31H31N5O2. The van der Waals surface area contributed by atoms with Crippen LogP contribution in [-0.2, 0) is 12.5 Å². The summed E-state index contributed by atoms with van der Waals surface area (Å²) in [4.78, 5) is 33.7. The summed E-state index contributed by atoms with van der Waals surface area (Å²) in [6.07, 6.45) is 3.59. The molecule has 0 unspecified atom stereocenters. The minimum atomic E-state index is -0.233. The topological polar surface area (TPSA) is 91.8 Å². The van der Waals surface area contributed by atoms with Gasteiger partial charge < -0.3 is 20.2 Å². The summed E-state index contributed by atoms with van der Waals surface area (Å²) < 4.78 is 1.51. The van der Waals surface area contributed by atoms with E-state index in [0.29, 0.717) is 16.9 Å². The zero-order valence-corrected chi connectivity index (χ0v) is 22.2. The van der Waals surface area contributed by atoms with Gasteiger partial charge in [-0.25, -0.2) is 4.98 Å². The van der Waals surface area contributed by atoms with Crippen molar-refractivity contribution < 1.29 is 4.79 Å². The fraction of sp³-hybridized carbons (Fsp3) is 0.194. The van der Waals surface area contributed by atoms with Gasteiger partial charge in [-0.15, -0.1) is 0 Å². The number of carbonyl (C=O) groups is 1. The van der Waals surface area contributed by atoms with Crippen LogP contribution in [0.3, 0.4) is 0 Å². The van der Waals surface area contributed by atoms with E-state index in [-0.39, 0.29) is 22.7 Å². The molecule has 0 spiro atoms. The van der Waals surface area contributed by atoms with Crippen LogP contribution in [0.1, 0.15) is 42.3 Å². The fourth-order valence-electron chi connectivity index (χ4n) is 4.45. The number of hydrogen-bond acceptors (Lipinski definition) is 4. The van der Waals surface area contributed by atoms with Crippen LogP contribution in [0.15, 0.2) is 83.9 Å². The molecule has 5 aromatic rings. The largest absolute Gasteiger partial charge is 0.361 e. The molecule has 2 aromatic heterocycles. The molecule has 2 heterocycles. The van der Waals surface area contributed by atoms with E-state index >= 15 is 0 Å². The van der Waals surface area contributed by atoms with Crippen molar-refractivity contribution in [1.29, 1.82) is 0 Å². The number of nitrogens with one attached hydrogen (secondary N) is 3. The molecular weight excluding hydrogens is 474 g/mol. The second-order valence-corrected chi connectivity index (χ2v) is 10.6. The van der Waals surface area contributed by atoms with Crippen molar-refractivity contribution in [1.82, 2.24) is 14.5 Å². The summed E-state index contributed by atoms with van der Waals surface area (Å²) in [5.74, 6) is 0.0503. The van der Waals surface area contributed by atoms with Crippen LogP contribution in [-0.4, -0.2) is 20.4 Å². The van der Waals surface area contributed by atoms with Gasteiger partial charge in [-0.3, -0.25) is 9.59 Å². The molecule has 3 aromatic carbocycles. The number of amides is 1. The molecule has 192 valence electrons. The molecule has 0 radical (unpaired) electrons. The number of rotatable bonds is 5. The molecule has 7 nitrogen and oxygen atoms in total. The van der Waals surface area contributed by atoms with Crippen LogP contribution in [0.5, 0.6) is 0 Å². The minimum Gasteiger partial charge on any atom is -0.361 e. The fourth-order valence-corrected chi connectivity index (χ4v) is 4.45. The third kappa shape index (κ3) is 4.95.